The number of hydrogen-bond donors (Lipinski definition) is 2. The number of H-pyrrole nitrogens is 1. The fourth-order valence-corrected chi connectivity index (χ4v) is 1.72. The summed E-state index contributed by atoms with van der Waals surface area (Å²) in [7, 11) is 0. The van der Waals surface area contributed by atoms with E-state index in [1.54, 1.807) is 0 Å². The minimum atomic E-state index is -0.190. The third-order valence-corrected chi connectivity index (χ3v) is 2.83. The predicted octanol–water partition coefficient (Wildman–Crippen LogP) is 1.47. The summed E-state index contributed by atoms with van der Waals surface area (Å²) in [4.78, 5) is 18.4. The summed E-state index contributed by atoms with van der Waals surface area (Å²) in [6, 6.07) is 7.47. The lowest BCUT2D eigenvalue weighted by Crippen LogP contribution is -2.18. The maximum atomic E-state index is 11.5. The average molecular weight is 250 g/mol. The molecule has 3 N–H and O–H groups in total. The summed E-state index contributed by atoms with van der Waals surface area (Å²) in [5, 5.41) is 0.665. The Morgan fingerprint density at radius 1 is 1.29 bits per heavy atom. The molecule has 1 aromatic carbocycles. The molecular weight excluding hydrogens is 238 g/mol. The Morgan fingerprint density at radius 3 is 2.71 bits per heavy atom. The average Bonchev–Trinajstić information content (AvgIpc) is 2.32. The Morgan fingerprint density at radius 2 is 2.06 bits per heavy atom. The quantitative estimate of drug-likeness (QED) is 0.865. The first-order valence-corrected chi connectivity index (χ1v) is 5.59. The molecule has 0 aliphatic carbocycles. The summed E-state index contributed by atoms with van der Waals surface area (Å²) in [5.41, 5.74) is 6.61. The molecule has 0 aliphatic heterocycles. The van der Waals surface area contributed by atoms with E-state index in [4.69, 9.17) is 17.3 Å². The van der Waals surface area contributed by atoms with Crippen LogP contribution in [0.5, 0.6) is 0 Å². The van der Waals surface area contributed by atoms with Crippen LogP contribution in [0, 0.1) is 0 Å². The van der Waals surface area contributed by atoms with Crippen molar-refractivity contribution in [3.05, 3.63) is 62.8 Å². The fourth-order valence-electron chi connectivity index (χ4n) is 1.52. The number of nitrogens with two attached hydrogens (primary N) is 1. The molecule has 1 aromatic heterocycles. The lowest BCUT2D eigenvalue weighted by atomic mass is 10.1. The maximum absolute atomic E-state index is 11.5. The van der Waals surface area contributed by atoms with Crippen molar-refractivity contribution in [2.75, 3.05) is 0 Å². The van der Waals surface area contributed by atoms with Crippen LogP contribution in [-0.2, 0) is 13.0 Å². The summed E-state index contributed by atoms with van der Waals surface area (Å²) < 4.78 is 0. The van der Waals surface area contributed by atoms with Gasteiger partial charge in [-0.1, -0.05) is 29.8 Å². The maximum Gasteiger partial charge on any atom is 0.255 e. The monoisotopic (exact) mass is 249 g/mol. The van der Waals surface area contributed by atoms with Crippen LogP contribution < -0.4 is 11.3 Å². The van der Waals surface area contributed by atoms with Crippen molar-refractivity contribution in [1.82, 2.24) is 9.97 Å². The van der Waals surface area contributed by atoms with Crippen molar-refractivity contribution in [2.45, 2.75) is 13.0 Å². The van der Waals surface area contributed by atoms with Gasteiger partial charge in [-0.2, -0.15) is 0 Å². The van der Waals surface area contributed by atoms with E-state index in [9.17, 15) is 4.79 Å². The number of nitrogens with one attached hydrogen (secondary N) is 1. The predicted molar refractivity (Wildman–Crippen MR) is 67.0 cm³/mol. The van der Waals surface area contributed by atoms with Crippen molar-refractivity contribution >= 4 is 11.6 Å². The highest BCUT2D eigenvalue weighted by molar-refractivity contribution is 6.31. The zero-order valence-electron chi connectivity index (χ0n) is 9.11. The molecule has 0 saturated heterocycles. The number of hydrogen-bond acceptors (Lipinski definition) is 3. The first-order chi connectivity index (χ1) is 8.20. The molecule has 0 amide bonds. The van der Waals surface area contributed by atoms with Gasteiger partial charge in [-0.15, -0.1) is 0 Å². The molecule has 2 aromatic rings. The van der Waals surface area contributed by atoms with Crippen LogP contribution in [0.15, 0.2) is 35.3 Å². The van der Waals surface area contributed by atoms with Gasteiger partial charge in [-0.25, -0.2) is 4.98 Å². The van der Waals surface area contributed by atoms with Gasteiger partial charge in [-0.3, -0.25) is 4.79 Å². The number of aromatic nitrogens is 2. The summed E-state index contributed by atoms with van der Waals surface area (Å²) >= 11 is 6.03. The van der Waals surface area contributed by atoms with Crippen molar-refractivity contribution < 1.29 is 0 Å². The molecule has 4 nitrogen and oxygen atoms in total. The van der Waals surface area contributed by atoms with Gasteiger partial charge in [-0.05, 0) is 11.6 Å². The van der Waals surface area contributed by atoms with Crippen molar-refractivity contribution in [3.8, 4) is 0 Å². The summed E-state index contributed by atoms with van der Waals surface area (Å²) in [5.74, 6) is 0.584. The highest BCUT2D eigenvalue weighted by Crippen LogP contribution is 2.16. The highest BCUT2D eigenvalue weighted by Gasteiger charge is 2.04. The van der Waals surface area contributed by atoms with E-state index in [-0.39, 0.29) is 12.1 Å². The van der Waals surface area contributed by atoms with Gasteiger partial charge >= 0.3 is 0 Å². The molecule has 1 heterocycles. The van der Waals surface area contributed by atoms with Crippen LogP contribution in [-0.4, -0.2) is 9.97 Å². The summed E-state index contributed by atoms with van der Waals surface area (Å²) in [6.45, 7) is 0.189. The van der Waals surface area contributed by atoms with Crippen LogP contribution in [0.25, 0.3) is 0 Å². The summed E-state index contributed by atoms with van der Waals surface area (Å²) in [6.07, 6.45) is 2.00. The van der Waals surface area contributed by atoms with E-state index in [0.717, 1.165) is 5.56 Å². The third kappa shape index (κ3) is 2.72. The van der Waals surface area contributed by atoms with Crippen LogP contribution >= 0.6 is 11.6 Å². The second kappa shape index (κ2) is 5.12. The largest absolute Gasteiger partial charge is 0.326 e. The molecule has 0 bridgehead atoms. The van der Waals surface area contributed by atoms with Crippen LogP contribution in [0.2, 0.25) is 5.02 Å². The van der Waals surface area contributed by atoms with E-state index in [1.807, 2.05) is 24.3 Å². The number of rotatable bonds is 3. The first kappa shape index (κ1) is 11.8. The van der Waals surface area contributed by atoms with Gasteiger partial charge in [0.1, 0.15) is 5.82 Å². The standard InChI is InChI=1S/C12H12ClN3O/c13-10-4-2-1-3-8(10)5-11-15-7-9(6-14)12(17)16-11/h1-4,7H,5-6,14H2,(H,15,16,17). The van der Waals surface area contributed by atoms with Crippen LogP contribution in [0.3, 0.4) is 0 Å². The SMILES string of the molecule is NCc1cnc(Cc2ccccc2Cl)[nH]c1=O. The van der Waals surface area contributed by atoms with Crippen LogP contribution in [0.1, 0.15) is 17.0 Å². The molecule has 88 valence electrons. The lowest BCUT2D eigenvalue weighted by Gasteiger charge is -2.04. The van der Waals surface area contributed by atoms with E-state index in [0.29, 0.717) is 22.8 Å². The van der Waals surface area contributed by atoms with Gasteiger partial charge < -0.3 is 10.7 Å². The molecule has 17 heavy (non-hydrogen) atoms. The highest BCUT2D eigenvalue weighted by atomic mass is 35.5. The molecule has 0 radical (unpaired) electrons. The molecule has 0 unspecified atom stereocenters. The van der Waals surface area contributed by atoms with Gasteiger partial charge in [0.15, 0.2) is 0 Å². The van der Waals surface area contributed by atoms with E-state index in [1.165, 1.54) is 6.20 Å². The van der Waals surface area contributed by atoms with Crippen molar-refractivity contribution in [2.24, 2.45) is 5.73 Å². The molecule has 0 fully saturated rings. The molecule has 0 atom stereocenters. The lowest BCUT2D eigenvalue weighted by molar-refractivity contribution is 0.898. The van der Waals surface area contributed by atoms with Crippen molar-refractivity contribution in [1.29, 1.82) is 0 Å². The molecule has 2 rings (SSSR count). The van der Waals surface area contributed by atoms with Crippen molar-refractivity contribution in [3.63, 3.8) is 0 Å². The normalized spacial score (nSPS) is 10.5. The number of aromatic amines is 1. The van der Waals surface area contributed by atoms with E-state index < -0.39 is 0 Å². The Bertz CT molecular complexity index is 580. The van der Waals surface area contributed by atoms with E-state index >= 15 is 0 Å². The Hall–Kier alpha value is -1.65. The third-order valence-electron chi connectivity index (χ3n) is 2.46. The smallest absolute Gasteiger partial charge is 0.255 e. The fraction of sp³-hybridized carbons (Fsp3) is 0.167. The van der Waals surface area contributed by atoms with Gasteiger partial charge in [0.05, 0.1) is 0 Å². The number of nitrogens with zero attached hydrogens (tertiary/aromatic N) is 1. The second-order valence-corrected chi connectivity index (χ2v) is 4.06. The minimum absolute atomic E-state index is 0.189. The zero-order valence-corrected chi connectivity index (χ0v) is 9.87. The van der Waals surface area contributed by atoms with E-state index in [2.05, 4.69) is 9.97 Å². The molecule has 0 spiro atoms. The first-order valence-electron chi connectivity index (χ1n) is 5.21. The minimum Gasteiger partial charge on any atom is -0.326 e. The van der Waals surface area contributed by atoms with Gasteiger partial charge in [0.2, 0.25) is 0 Å². The van der Waals surface area contributed by atoms with Crippen LogP contribution in [0.4, 0.5) is 0 Å². The molecular formula is C12H12ClN3O. The second-order valence-electron chi connectivity index (χ2n) is 3.66. The molecule has 0 aliphatic rings. The Kier molecular flexibility index (Phi) is 3.56. The number of benzene rings is 1. The van der Waals surface area contributed by atoms with Gasteiger partial charge in [0, 0.05) is 29.7 Å². The Labute approximate surface area is 103 Å². The zero-order chi connectivity index (χ0) is 12.3. The molecule has 5 heteroatoms. The number of halogens is 1. The topological polar surface area (TPSA) is 71.8 Å². The molecule has 0 saturated carbocycles. The van der Waals surface area contributed by atoms with Gasteiger partial charge in [0.25, 0.3) is 5.56 Å². The Balaban J connectivity index is 2.28.